The summed E-state index contributed by atoms with van der Waals surface area (Å²) in [5.74, 6) is -1.07. The Morgan fingerprint density at radius 3 is 2.33 bits per heavy atom. The Balaban J connectivity index is 1.36. The Hall–Kier alpha value is -4.27. The van der Waals surface area contributed by atoms with Crippen LogP contribution >= 0.6 is 0 Å². The fourth-order valence-electron chi connectivity index (χ4n) is 4.21. The van der Waals surface area contributed by atoms with E-state index < -0.39 is 5.97 Å². The van der Waals surface area contributed by atoms with Gasteiger partial charge >= 0.3 is 5.97 Å². The van der Waals surface area contributed by atoms with Crippen molar-refractivity contribution in [2.75, 3.05) is 6.54 Å². The second-order valence-electron chi connectivity index (χ2n) is 8.88. The average Bonchev–Trinajstić information content (AvgIpc) is 3.21. The average molecular weight is 488 g/mol. The van der Waals surface area contributed by atoms with E-state index in [1.54, 1.807) is 28.9 Å². The number of carboxylic acid groups (broad SMARTS) is 1. The molecule has 0 saturated carbocycles. The summed E-state index contributed by atoms with van der Waals surface area (Å²) in [6.07, 6.45) is 1.33. The van der Waals surface area contributed by atoms with Crippen molar-refractivity contribution in [3.63, 3.8) is 0 Å². The fourth-order valence-corrected chi connectivity index (χ4v) is 4.21. The third-order valence-corrected chi connectivity index (χ3v) is 6.17. The first-order chi connectivity index (χ1) is 17.2. The Bertz CT molecular complexity index is 1470. The molecule has 2 aromatic heterocycles. The van der Waals surface area contributed by atoms with Crippen molar-refractivity contribution in [2.45, 2.75) is 46.6 Å². The lowest BCUT2D eigenvalue weighted by atomic mass is 10.1. The van der Waals surface area contributed by atoms with Crippen LogP contribution in [-0.4, -0.2) is 43.1 Å². The van der Waals surface area contributed by atoms with Crippen molar-refractivity contribution in [1.29, 1.82) is 0 Å². The third kappa shape index (κ3) is 5.35. The summed E-state index contributed by atoms with van der Waals surface area (Å²) in [4.78, 5) is 36.3. The molecule has 0 unspecified atom stereocenters. The molecule has 2 aromatic carbocycles. The minimum absolute atomic E-state index is 0.109. The van der Waals surface area contributed by atoms with E-state index in [0.717, 1.165) is 33.6 Å². The minimum atomic E-state index is -0.965. The second kappa shape index (κ2) is 10.6. The molecule has 0 aliphatic rings. The molecule has 0 atom stereocenters. The number of fused-ring (bicyclic) bond motifs is 1. The number of aryl methyl sites for hydroxylation is 4. The molecular formula is C27H29N5O4. The molecule has 9 heteroatoms. The molecule has 0 aliphatic heterocycles. The van der Waals surface area contributed by atoms with Crippen molar-refractivity contribution in [3.05, 3.63) is 87.0 Å². The maximum absolute atomic E-state index is 13.1. The van der Waals surface area contributed by atoms with E-state index in [4.69, 9.17) is 5.11 Å². The number of nitrogens with zero attached hydrogens (tertiary/aromatic N) is 4. The van der Waals surface area contributed by atoms with Gasteiger partial charge in [0, 0.05) is 19.5 Å². The van der Waals surface area contributed by atoms with Gasteiger partial charge < -0.3 is 10.4 Å². The van der Waals surface area contributed by atoms with E-state index in [9.17, 15) is 14.4 Å². The second-order valence-corrected chi connectivity index (χ2v) is 8.88. The highest BCUT2D eigenvalue weighted by Gasteiger charge is 2.17. The number of rotatable bonds is 9. The molecule has 4 aromatic rings. The Morgan fingerprint density at radius 2 is 1.67 bits per heavy atom. The smallest absolute Gasteiger partial charge is 0.335 e. The molecular weight excluding hydrogens is 458 g/mol. The number of carbonyl (C=O) groups is 2. The quantitative estimate of drug-likeness (QED) is 0.374. The topological polar surface area (TPSA) is 119 Å². The summed E-state index contributed by atoms with van der Waals surface area (Å²) in [5, 5.41) is 21.6. The molecule has 9 nitrogen and oxygen atoms in total. The summed E-state index contributed by atoms with van der Waals surface area (Å²) in [6, 6.07) is 14.5. The fraction of sp³-hybridized carbons (Fsp3) is 0.296. The lowest BCUT2D eigenvalue weighted by Crippen LogP contribution is -2.27. The predicted octanol–water partition coefficient (Wildman–Crippen LogP) is 3.34. The molecule has 186 valence electrons. The number of hydrogen-bond acceptors (Lipinski definition) is 5. The molecule has 0 spiro atoms. The maximum atomic E-state index is 13.1. The zero-order valence-corrected chi connectivity index (χ0v) is 20.6. The zero-order valence-electron chi connectivity index (χ0n) is 20.6. The SMILES string of the molecule is Cc1ccc(-n2nc3c(=O)n(CCCC(=O)NCCc4ccc(C(=O)O)cc4)nc(C)c3c2C)cc1. The van der Waals surface area contributed by atoms with Crippen LogP contribution in [0.25, 0.3) is 16.6 Å². The van der Waals surface area contributed by atoms with Gasteiger partial charge in [0.15, 0.2) is 5.52 Å². The summed E-state index contributed by atoms with van der Waals surface area (Å²) >= 11 is 0. The van der Waals surface area contributed by atoms with Crippen molar-refractivity contribution in [2.24, 2.45) is 0 Å². The molecule has 2 heterocycles. The van der Waals surface area contributed by atoms with Crippen molar-refractivity contribution >= 4 is 22.8 Å². The zero-order chi connectivity index (χ0) is 25.8. The van der Waals surface area contributed by atoms with E-state index >= 15 is 0 Å². The molecule has 0 radical (unpaired) electrons. The van der Waals surface area contributed by atoms with E-state index in [1.165, 1.54) is 4.68 Å². The summed E-state index contributed by atoms with van der Waals surface area (Å²) in [7, 11) is 0. The van der Waals surface area contributed by atoms with Crippen LogP contribution < -0.4 is 10.9 Å². The summed E-state index contributed by atoms with van der Waals surface area (Å²) in [6.45, 7) is 6.58. The molecule has 4 rings (SSSR count). The summed E-state index contributed by atoms with van der Waals surface area (Å²) < 4.78 is 3.16. The first-order valence-electron chi connectivity index (χ1n) is 11.9. The van der Waals surface area contributed by atoms with Gasteiger partial charge in [0.05, 0.1) is 28.0 Å². The Labute approximate surface area is 208 Å². The van der Waals surface area contributed by atoms with Crippen LogP contribution in [0, 0.1) is 20.8 Å². The number of amides is 1. The largest absolute Gasteiger partial charge is 0.478 e. The van der Waals surface area contributed by atoms with Gasteiger partial charge in [-0.1, -0.05) is 29.8 Å². The van der Waals surface area contributed by atoms with Gasteiger partial charge in [-0.25, -0.2) is 14.2 Å². The number of carboxylic acids is 1. The van der Waals surface area contributed by atoms with E-state index in [0.29, 0.717) is 31.4 Å². The monoisotopic (exact) mass is 487 g/mol. The highest BCUT2D eigenvalue weighted by Crippen LogP contribution is 2.21. The number of aromatic nitrogens is 4. The number of nitrogens with one attached hydrogen (secondary N) is 1. The van der Waals surface area contributed by atoms with Crippen molar-refractivity contribution in [1.82, 2.24) is 24.9 Å². The standard InChI is InChI=1S/C27H29N5O4/c1-17-6-12-22(13-7-17)32-19(3)24-18(2)29-31(26(34)25(24)30-32)16-4-5-23(33)28-15-14-20-8-10-21(11-9-20)27(35)36/h6-13H,4-5,14-16H2,1-3H3,(H,28,33)(H,35,36). The number of carbonyl (C=O) groups excluding carboxylic acids is 1. The van der Waals surface area contributed by atoms with E-state index in [-0.39, 0.29) is 23.5 Å². The van der Waals surface area contributed by atoms with Crippen molar-refractivity contribution in [3.8, 4) is 5.69 Å². The number of aromatic carboxylic acids is 1. The van der Waals surface area contributed by atoms with Crippen molar-refractivity contribution < 1.29 is 14.7 Å². The van der Waals surface area contributed by atoms with Crippen LogP contribution in [0.3, 0.4) is 0 Å². The van der Waals surface area contributed by atoms with Crippen LogP contribution in [-0.2, 0) is 17.8 Å². The van der Waals surface area contributed by atoms with Crippen LogP contribution in [0.4, 0.5) is 0 Å². The van der Waals surface area contributed by atoms with Crippen LogP contribution in [0.5, 0.6) is 0 Å². The predicted molar refractivity (Wildman–Crippen MR) is 137 cm³/mol. The third-order valence-electron chi connectivity index (χ3n) is 6.17. The molecule has 1 amide bonds. The highest BCUT2D eigenvalue weighted by atomic mass is 16.4. The first-order valence-corrected chi connectivity index (χ1v) is 11.9. The lowest BCUT2D eigenvalue weighted by molar-refractivity contribution is -0.121. The van der Waals surface area contributed by atoms with Gasteiger partial charge in [-0.05, 0) is 63.4 Å². The lowest BCUT2D eigenvalue weighted by Gasteiger charge is -2.08. The van der Waals surface area contributed by atoms with Crippen LogP contribution in [0.1, 0.15) is 45.7 Å². The number of hydrogen-bond donors (Lipinski definition) is 2. The molecule has 0 aliphatic carbocycles. The number of benzene rings is 2. The maximum Gasteiger partial charge on any atom is 0.335 e. The Morgan fingerprint density at radius 1 is 0.972 bits per heavy atom. The van der Waals surface area contributed by atoms with E-state index in [1.807, 2.05) is 45.0 Å². The molecule has 36 heavy (non-hydrogen) atoms. The van der Waals surface area contributed by atoms with Gasteiger partial charge in [-0.15, -0.1) is 0 Å². The van der Waals surface area contributed by atoms with Crippen LogP contribution in [0.2, 0.25) is 0 Å². The summed E-state index contributed by atoms with van der Waals surface area (Å²) in [5.41, 5.74) is 4.89. The van der Waals surface area contributed by atoms with Gasteiger partial charge in [-0.2, -0.15) is 10.2 Å². The molecule has 0 bridgehead atoms. The van der Waals surface area contributed by atoms with E-state index in [2.05, 4.69) is 15.5 Å². The highest BCUT2D eigenvalue weighted by molar-refractivity contribution is 5.87. The molecule has 0 saturated heterocycles. The van der Waals surface area contributed by atoms with Crippen LogP contribution in [0.15, 0.2) is 53.3 Å². The minimum Gasteiger partial charge on any atom is -0.478 e. The first kappa shape index (κ1) is 24.8. The Kier molecular flexibility index (Phi) is 7.28. The molecule has 0 fully saturated rings. The van der Waals surface area contributed by atoms with Gasteiger partial charge in [-0.3, -0.25) is 9.59 Å². The van der Waals surface area contributed by atoms with Gasteiger partial charge in [0.1, 0.15) is 0 Å². The van der Waals surface area contributed by atoms with Gasteiger partial charge in [0.2, 0.25) is 5.91 Å². The normalized spacial score (nSPS) is 11.1. The molecule has 2 N–H and O–H groups in total. The van der Waals surface area contributed by atoms with Gasteiger partial charge in [0.25, 0.3) is 5.56 Å².